The number of benzene rings is 2. The van der Waals surface area contributed by atoms with Crippen LogP contribution in [0.1, 0.15) is 12.5 Å². The van der Waals surface area contributed by atoms with Gasteiger partial charge < -0.3 is 15.2 Å². The van der Waals surface area contributed by atoms with Crippen molar-refractivity contribution in [3.05, 3.63) is 66.4 Å². The maximum atomic E-state index is 12.8. The third kappa shape index (κ3) is 3.59. The molecule has 7 heteroatoms. The zero-order valence-corrected chi connectivity index (χ0v) is 16.1. The van der Waals surface area contributed by atoms with Gasteiger partial charge >= 0.3 is 6.03 Å². The molecule has 1 aliphatic heterocycles. The monoisotopic (exact) mass is 390 g/mol. The predicted molar refractivity (Wildman–Crippen MR) is 111 cm³/mol. The summed E-state index contributed by atoms with van der Waals surface area (Å²) in [6.45, 7) is 2.03. The average molecular weight is 390 g/mol. The molecule has 4 rings (SSSR count). The van der Waals surface area contributed by atoms with Crippen LogP contribution >= 0.6 is 0 Å². The molecule has 1 unspecified atom stereocenters. The largest absolute Gasteiger partial charge is 0.361 e. The molecule has 29 heavy (non-hydrogen) atoms. The number of carbonyl (C=O) groups is 3. The highest BCUT2D eigenvalue weighted by molar-refractivity contribution is 6.08. The lowest BCUT2D eigenvalue weighted by Crippen LogP contribution is -2.43. The second-order valence-electron chi connectivity index (χ2n) is 6.96. The number of para-hydroxylation sites is 2. The standard InChI is InChI=1S/C22H22N4O3/c1-2-25(16-8-4-3-5-9-16)20(27)14-26-21(28)19(24-22(26)29)12-15-13-23-18-11-7-6-10-17(15)18/h3-11,13,19,23H,2,12,14H2,1H3,(H,24,29). The van der Waals surface area contributed by atoms with Gasteiger partial charge in [-0.25, -0.2) is 4.79 Å². The molecule has 148 valence electrons. The first-order valence-corrected chi connectivity index (χ1v) is 9.60. The van der Waals surface area contributed by atoms with Crippen molar-refractivity contribution in [3.8, 4) is 0 Å². The highest BCUT2D eigenvalue weighted by Crippen LogP contribution is 2.21. The predicted octanol–water partition coefficient (Wildman–Crippen LogP) is 2.68. The molecule has 0 aliphatic carbocycles. The maximum Gasteiger partial charge on any atom is 0.325 e. The Morgan fingerprint density at radius 3 is 2.55 bits per heavy atom. The van der Waals surface area contributed by atoms with E-state index >= 15 is 0 Å². The molecule has 1 atom stereocenters. The number of amides is 4. The molecule has 2 aromatic carbocycles. The van der Waals surface area contributed by atoms with Gasteiger partial charge in [-0.3, -0.25) is 14.5 Å². The summed E-state index contributed by atoms with van der Waals surface area (Å²) in [5, 5.41) is 3.73. The van der Waals surface area contributed by atoms with Crippen LogP contribution in [-0.4, -0.2) is 46.9 Å². The fourth-order valence-electron chi connectivity index (χ4n) is 3.72. The Morgan fingerprint density at radius 1 is 1.07 bits per heavy atom. The maximum absolute atomic E-state index is 12.8. The number of anilines is 1. The fraction of sp³-hybridized carbons (Fsp3) is 0.227. The number of nitrogens with zero attached hydrogens (tertiary/aromatic N) is 2. The van der Waals surface area contributed by atoms with E-state index < -0.39 is 12.1 Å². The van der Waals surface area contributed by atoms with Crippen LogP contribution in [0, 0.1) is 0 Å². The number of rotatable bonds is 6. The van der Waals surface area contributed by atoms with Crippen LogP contribution in [0.4, 0.5) is 10.5 Å². The normalized spacial score (nSPS) is 16.3. The minimum atomic E-state index is -0.679. The van der Waals surface area contributed by atoms with E-state index in [0.29, 0.717) is 13.0 Å². The second kappa shape index (κ2) is 7.79. The summed E-state index contributed by atoms with van der Waals surface area (Å²) in [5.74, 6) is -0.673. The van der Waals surface area contributed by atoms with Crippen molar-refractivity contribution in [1.82, 2.24) is 15.2 Å². The molecule has 2 N–H and O–H groups in total. The summed E-state index contributed by atoms with van der Waals surface area (Å²) in [6, 6.07) is 15.8. The Kier molecular flexibility index (Phi) is 5.03. The van der Waals surface area contributed by atoms with E-state index in [9.17, 15) is 14.4 Å². The zero-order chi connectivity index (χ0) is 20.4. The molecule has 0 bridgehead atoms. The Hall–Kier alpha value is -3.61. The lowest BCUT2D eigenvalue weighted by Gasteiger charge is -2.23. The van der Waals surface area contributed by atoms with E-state index in [1.54, 1.807) is 4.90 Å². The van der Waals surface area contributed by atoms with Crippen molar-refractivity contribution < 1.29 is 14.4 Å². The number of H-pyrrole nitrogens is 1. The highest BCUT2D eigenvalue weighted by Gasteiger charge is 2.39. The van der Waals surface area contributed by atoms with Crippen LogP contribution < -0.4 is 10.2 Å². The summed E-state index contributed by atoms with van der Waals surface area (Å²) >= 11 is 0. The van der Waals surface area contributed by atoms with Crippen LogP contribution in [0.2, 0.25) is 0 Å². The van der Waals surface area contributed by atoms with Crippen molar-refractivity contribution in [3.63, 3.8) is 0 Å². The number of hydrogen-bond acceptors (Lipinski definition) is 3. The smallest absolute Gasteiger partial charge is 0.325 e. The van der Waals surface area contributed by atoms with Crippen LogP contribution in [0.15, 0.2) is 60.8 Å². The first kappa shape index (κ1) is 18.7. The Labute approximate surface area is 168 Å². The topological polar surface area (TPSA) is 85.5 Å². The molecule has 3 aromatic rings. The SMILES string of the molecule is CCN(C(=O)CN1C(=O)NC(Cc2c[nH]c3ccccc23)C1=O)c1ccccc1. The molecule has 1 fully saturated rings. The van der Waals surface area contributed by atoms with Gasteiger partial charge in [-0.15, -0.1) is 0 Å². The lowest BCUT2D eigenvalue weighted by atomic mass is 10.1. The molecule has 2 heterocycles. The van der Waals surface area contributed by atoms with Gasteiger partial charge in [0.2, 0.25) is 5.91 Å². The number of carbonyl (C=O) groups excluding carboxylic acids is 3. The van der Waals surface area contributed by atoms with Gasteiger partial charge in [0.05, 0.1) is 0 Å². The number of fused-ring (bicyclic) bond motifs is 1. The summed E-state index contributed by atoms with van der Waals surface area (Å²) in [5.41, 5.74) is 2.67. The molecule has 1 aliphatic rings. The van der Waals surface area contributed by atoms with Crippen molar-refractivity contribution in [2.75, 3.05) is 18.0 Å². The molecule has 1 saturated heterocycles. The summed E-state index contributed by atoms with van der Waals surface area (Å²) in [7, 11) is 0. The van der Waals surface area contributed by atoms with Crippen LogP contribution in [-0.2, 0) is 16.0 Å². The van der Waals surface area contributed by atoms with Crippen LogP contribution in [0.3, 0.4) is 0 Å². The minimum Gasteiger partial charge on any atom is -0.361 e. The molecular weight excluding hydrogens is 368 g/mol. The fourth-order valence-corrected chi connectivity index (χ4v) is 3.72. The number of likely N-dealkylation sites (N-methyl/N-ethyl adjacent to an activating group) is 1. The number of urea groups is 1. The molecule has 7 nitrogen and oxygen atoms in total. The highest BCUT2D eigenvalue weighted by atomic mass is 16.2. The number of aromatic amines is 1. The van der Waals surface area contributed by atoms with E-state index in [4.69, 9.17) is 0 Å². The minimum absolute atomic E-state index is 0.280. The number of aromatic nitrogens is 1. The molecule has 0 saturated carbocycles. The van der Waals surface area contributed by atoms with Crippen LogP contribution in [0.25, 0.3) is 10.9 Å². The first-order chi connectivity index (χ1) is 14.1. The average Bonchev–Trinajstić information content (AvgIpc) is 3.26. The molecule has 1 aromatic heterocycles. The van der Waals surface area contributed by atoms with E-state index in [1.165, 1.54) is 0 Å². The van der Waals surface area contributed by atoms with Gasteiger partial charge in [0.25, 0.3) is 5.91 Å². The van der Waals surface area contributed by atoms with Gasteiger partial charge in [0, 0.05) is 35.8 Å². The van der Waals surface area contributed by atoms with Gasteiger partial charge in [0.15, 0.2) is 0 Å². The van der Waals surface area contributed by atoms with Gasteiger partial charge in [-0.05, 0) is 30.7 Å². The molecule has 0 spiro atoms. The third-order valence-electron chi connectivity index (χ3n) is 5.18. The van der Waals surface area contributed by atoms with Crippen molar-refractivity contribution >= 4 is 34.4 Å². The number of hydrogen-bond donors (Lipinski definition) is 2. The van der Waals surface area contributed by atoms with E-state index in [0.717, 1.165) is 27.1 Å². The third-order valence-corrected chi connectivity index (χ3v) is 5.18. The van der Waals surface area contributed by atoms with E-state index in [2.05, 4.69) is 10.3 Å². The second-order valence-corrected chi connectivity index (χ2v) is 6.96. The van der Waals surface area contributed by atoms with Gasteiger partial charge in [0.1, 0.15) is 12.6 Å². The quantitative estimate of drug-likeness (QED) is 0.635. The number of nitrogens with one attached hydrogen (secondary N) is 2. The Bertz CT molecular complexity index is 1060. The Balaban J connectivity index is 1.47. The van der Waals surface area contributed by atoms with Gasteiger partial charge in [-0.2, -0.15) is 0 Å². The van der Waals surface area contributed by atoms with Crippen molar-refractivity contribution in [2.24, 2.45) is 0 Å². The summed E-state index contributed by atoms with van der Waals surface area (Å²) in [4.78, 5) is 43.7. The zero-order valence-electron chi connectivity index (χ0n) is 16.1. The van der Waals surface area contributed by atoms with Gasteiger partial charge in [-0.1, -0.05) is 36.4 Å². The summed E-state index contributed by atoms with van der Waals surface area (Å²) < 4.78 is 0. The first-order valence-electron chi connectivity index (χ1n) is 9.60. The number of imide groups is 1. The lowest BCUT2D eigenvalue weighted by molar-refractivity contribution is -0.131. The van der Waals surface area contributed by atoms with Crippen molar-refractivity contribution in [2.45, 2.75) is 19.4 Å². The molecule has 4 amide bonds. The van der Waals surface area contributed by atoms with E-state index in [-0.39, 0.29) is 18.4 Å². The Morgan fingerprint density at radius 2 is 1.79 bits per heavy atom. The van der Waals surface area contributed by atoms with E-state index in [1.807, 2.05) is 67.7 Å². The summed E-state index contributed by atoms with van der Waals surface area (Å²) in [6.07, 6.45) is 2.22. The molecule has 0 radical (unpaired) electrons. The van der Waals surface area contributed by atoms with Crippen molar-refractivity contribution in [1.29, 1.82) is 0 Å². The molecular formula is C22H22N4O3. The van der Waals surface area contributed by atoms with Crippen LogP contribution in [0.5, 0.6) is 0 Å².